The highest BCUT2D eigenvalue weighted by atomic mass is 19.1. The van der Waals surface area contributed by atoms with Gasteiger partial charge in [-0.1, -0.05) is 37.8 Å². The van der Waals surface area contributed by atoms with Crippen LogP contribution < -0.4 is 0 Å². The van der Waals surface area contributed by atoms with E-state index in [0.717, 1.165) is 24.9 Å². The molecule has 1 amide bonds. The maximum Gasteiger partial charge on any atom is 0.253 e. The molecule has 2 saturated heterocycles. The van der Waals surface area contributed by atoms with Gasteiger partial charge in [-0.15, -0.1) is 0 Å². The molecule has 2 aliphatic rings. The highest BCUT2D eigenvalue weighted by Crippen LogP contribution is 2.42. The number of aliphatic hydroxyl groups is 1. The zero-order valence-corrected chi connectivity index (χ0v) is 18.8. The average molecular weight is 435 g/mol. The maximum absolute atomic E-state index is 13.3. The van der Waals surface area contributed by atoms with E-state index in [1.54, 1.807) is 12.1 Å². The number of nitrogens with zero attached hydrogens (tertiary/aromatic N) is 2. The predicted octanol–water partition coefficient (Wildman–Crippen LogP) is 3.90. The van der Waals surface area contributed by atoms with E-state index in [4.69, 9.17) is 0 Å². The van der Waals surface area contributed by atoms with Gasteiger partial charge >= 0.3 is 0 Å². The van der Waals surface area contributed by atoms with Crippen LogP contribution in [0, 0.1) is 23.6 Å². The highest BCUT2D eigenvalue weighted by Gasteiger charge is 2.49. The molecule has 2 aromatic rings. The lowest BCUT2D eigenvalue weighted by molar-refractivity contribution is -0.0606. The number of hydrogen-bond donors (Lipinski definition) is 1. The van der Waals surface area contributed by atoms with E-state index in [9.17, 15) is 14.3 Å². The van der Waals surface area contributed by atoms with Crippen molar-refractivity contribution in [2.24, 2.45) is 5.92 Å². The molecule has 0 unspecified atom stereocenters. The Hall–Kier alpha value is -2.68. The Morgan fingerprint density at radius 1 is 1.09 bits per heavy atom. The third kappa shape index (κ3) is 4.72. The van der Waals surface area contributed by atoms with Gasteiger partial charge in [-0.25, -0.2) is 4.39 Å². The Morgan fingerprint density at radius 3 is 2.44 bits per heavy atom. The van der Waals surface area contributed by atoms with Crippen LogP contribution in [0.25, 0.3) is 0 Å². The van der Waals surface area contributed by atoms with Crippen LogP contribution in [0.2, 0.25) is 0 Å². The SMILES string of the molecule is CC(C)C#Cc1ccc([C@H]2[C@@H](CO)N3CCCCN(C(=O)c4ccc(F)cc4)C[C@H]23)cc1. The number of benzene rings is 2. The molecule has 2 heterocycles. The molecule has 0 saturated carbocycles. The van der Waals surface area contributed by atoms with E-state index in [1.807, 2.05) is 17.0 Å². The summed E-state index contributed by atoms with van der Waals surface area (Å²) >= 11 is 0. The lowest BCUT2D eigenvalue weighted by Crippen LogP contribution is -2.67. The van der Waals surface area contributed by atoms with Crippen LogP contribution in [0.15, 0.2) is 48.5 Å². The van der Waals surface area contributed by atoms with Gasteiger partial charge < -0.3 is 10.0 Å². The van der Waals surface area contributed by atoms with Crippen molar-refractivity contribution in [3.63, 3.8) is 0 Å². The fraction of sp³-hybridized carbons (Fsp3) is 0.444. The summed E-state index contributed by atoms with van der Waals surface area (Å²) in [5, 5.41) is 10.1. The second-order valence-corrected chi connectivity index (χ2v) is 9.09. The van der Waals surface area contributed by atoms with Crippen molar-refractivity contribution in [2.45, 2.75) is 44.7 Å². The molecular formula is C27H31FN2O2. The molecule has 2 fully saturated rings. The third-order valence-corrected chi connectivity index (χ3v) is 6.55. The van der Waals surface area contributed by atoms with Gasteiger partial charge in [-0.2, -0.15) is 0 Å². The molecule has 4 nitrogen and oxygen atoms in total. The summed E-state index contributed by atoms with van der Waals surface area (Å²) in [6.45, 7) is 6.48. The van der Waals surface area contributed by atoms with Crippen molar-refractivity contribution in [3.8, 4) is 11.8 Å². The second-order valence-electron chi connectivity index (χ2n) is 9.09. The zero-order chi connectivity index (χ0) is 22.7. The Kier molecular flexibility index (Phi) is 6.93. The number of amides is 1. The second kappa shape index (κ2) is 9.85. The molecule has 2 aliphatic heterocycles. The standard InChI is InChI=1S/C27H31FN2O2/c1-19(2)5-6-20-7-9-21(10-8-20)26-24-17-29(15-3-4-16-30(24)25(26)18-31)27(32)22-11-13-23(28)14-12-22/h7-14,19,24-26,31H,3-4,15-18H2,1-2H3/t24-,25-,26-/m1/s1. The minimum absolute atomic E-state index is 0.0580. The Morgan fingerprint density at radius 2 is 1.78 bits per heavy atom. The first-order chi connectivity index (χ1) is 15.5. The van der Waals surface area contributed by atoms with Crippen LogP contribution >= 0.6 is 0 Å². The van der Waals surface area contributed by atoms with Crippen LogP contribution in [-0.2, 0) is 0 Å². The molecule has 0 spiro atoms. The van der Waals surface area contributed by atoms with E-state index >= 15 is 0 Å². The van der Waals surface area contributed by atoms with Crippen LogP contribution in [-0.4, -0.2) is 59.1 Å². The number of aliphatic hydroxyl groups excluding tert-OH is 1. The molecule has 0 aromatic heterocycles. The summed E-state index contributed by atoms with van der Waals surface area (Å²) < 4.78 is 13.3. The maximum atomic E-state index is 13.3. The van der Waals surface area contributed by atoms with Gasteiger partial charge in [0.25, 0.3) is 5.91 Å². The fourth-order valence-corrected chi connectivity index (χ4v) is 4.92. The number of hydrogen-bond acceptors (Lipinski definition) is 3. The van der Waals surface area contributed by atoms with Gasteiger partial charge in [0.05, 0.1) is 6.61 Å². The first-order valence-electron chi connectivity index (χ1n) is 11.5. The summed E-state index contributed by atoms with van der Waals surface area (Å²) in [7, 11) is 0. The van der Waals surface area contributed by atoms with Crippen molar-refractivity contribution < 1.29 is 14.3 Å². The van der Waals surface area contributed by atoms with E-state index in [-0.39, 0.29) is 36.3 Å². The molecular weight excluding hydrogens is 403 g/mol. The van der Waals surface area contributed by atoms with Gasteiger partial charge in [0.15, 0.2) is 0 Å². The minimum atomic E-state index is -0.341. The normalized spacial score (nSPS) is 23.4. The molecule has 4 rings (SSSR count). The van der Waals surface area contributed by atoms with Crippen LogP contribution in [0.5, 0.6) is 0 Å². The van der Waals surface area contributed by atoms with Crippen molar-refractivity contribution in [3.05, 3.63) is 71.0 Å². The molecule has 5 heteroatoms. The molecule has 1 N–H and O–H groups in total. The lowest BCUT2D eigenvalue weighted by Gasteiger charge is -2.57. The quantitative estimate of drug-likeness (QED) is 0.746. The van der Waals surface area contributed by atoms with Crippen LogP contribution in [0.1, 0.15) is 54.1 Å². The van der Waals surface area contributed by atoms with Gasteiger partial charge in [0, 0.05) is 48.1 Å². The van der Waals surface area contributed by atoms with Crippen molar-refractivity contribution >= 4 is 5.91 Å². The summed E-state index contributed by atoms with van der Waals surface area (Å²) in [5.41, 5.74) is 2.68. The van der Waals surface area contributed by atoms with Gasteiger partial charge in [0.2, 0.25) is 0 Å². The van der Waals surface area contributed by atoms with Crippen molar-refractivity contribution in [1.82, 2.24) is 9.80 Å². The molecule has 3 atom stereocenters. The Bertz CT molecular complexity index is 991. The van der Waals surface area contributed by atoms with E-state index < -0.39 is 0 Å². The monoisotopic (exact) mass is 434 g/mol. The van der Waals surface area contributed by atoms with E-state index in [0.29, 0.717) is 24.6 Å². The largest absolute Gasteiger partial charge is 0.395 e. The Labute approximate surface area is 190 Å². The first-order valence-corrected chi connectivity index (χ1v) is 11.5. The molecule has 168 valence electrons. The smallest absolute Gasteiger partial charge is 0.253 e. The minimum Gasteiger partial charge on any atom is -0.395 e. The van der Waals surface area contributed by atoms with Crippen molar-refractivity contribution in [1.29, 1.82) is 0 Å². The molecule has 0 radical (unpaired) electrons. The fourth-order valence-electron chi connectivity index (χ4n) is 4.92. The first kappa shape index (κ1) is 22.5. The number of carbonyl (C=O) groups is 1. The van der Waals surface area contributed by atoms with Crippen LogP contribution in [0.3, 0.4) is 0 Å². The highest BCUT2D eigenvalue weighted by molar-refractivity contribution is 5.94. The van der Waals surface area contributed by atoms with Crippen molar-refractivity contribution in [2.75, 3.05) is 26.2 Å². The average Bonchev–Trinajstić information content (AvgIpc) is 2.77. The van der Waals surface area contributed by atoms with Crippen LogP contribution in [0.4, 0.5) is 4.39 Å². The molecule has 0 bridgehead atoms. The molecule has 0 aliphatic carbocycles. The summed E-state index contributed by atoms with van der Waals surface area (Å²) in [5.74, 6) is 6.48. The molecule has 32 heavy (non-hydrogen) atoms. The topological polar surface area (TPSA) is 43.8 Å². The summed E-state index contributed by atoms with van der Waals surface area (Å²) in [6, 6.07) is 14.3. The Balaban J connectivity index is 1.55. The third-order valence-electron chi connectivity index (χ3n) is 6.55. The lowest BCUT2D eigenvalue weighted by atomic mass is 9.74. The molecule has 2 aromatic carbocycles. The number of halogens is 1. The number of carbonyl (C=O) groups excluding carboxylic acids is 1. The number of rotatable bonds is 3. The number of fused-ring (bicyclic) bond motifs is 1. The summed E-state index contributed by atoms with van der Waals surface area (Å²) in [6.07, 6.45) is 1.90. The summed E-state index contributed by atoms with van der Waals surface area (Å²) in [4.78, 5) is 17.4. The van der Waals surface area contributed by atoms with Gasteiger partial charge in [0.1, 0.15) is 5.82 Å². The van der Waals surface area contributed by atoms with Gasteiger partial charge in [-0.3, -0.25) is 9.69 Å². The zero-order valence-electron chi connectivity index (χ0n) is 18.8. The van der Waals surface area contributed by atoms with E-state index in [2.05, 4.69) is 42.7 Å². The van der Waals surface area contributed by atoms with Gasteiger partial charge in [-0.05, 0) is 61.3 Å². The predicted molar refractivity (Wildman–Crippen MR) is 124 cm³/mol. The van der Waals surface area contributed by atoms with E-state index in [1.165, 1.54) is 17.7 Å².